The van der Waals surface area contributed by atoms with Crippen LogP contribution in [0.5, 0.6) is 5.75 Å². The Morgan fingerprint density at radius 2 is 1.83 bits per heavy atom. The number of amides is 2. The smallest absolute Gasteiger partial charge is 0.254 e. The highest BCUT2D eigenvalue weighted by Crippen LogP contribution is 2.38. The molecular weight excluding hydrogens is 364 g/mol. The van der Waals surface area contributed by atoms with Gasteiger partial charge in [0.15, 0.2) is 0 Å². The molecule has 1 atom stereocenters. The SMILES string of the molecule is CCCCc1ccc2c(c1)C(NC(C)=O)C(=O)N2Cc1ccc(OC(C)C)cc1. The second kappa shape index (κ2) is 9.12. The molecule has 0 saturated carbocycles. The van der Waals surface area contributed by atoms with E-state index in [0.717, 1.165) is 41.8 Å². The number of nitrogens with one attached hydrogen (secondary N) is 1. The molecule has 0 radical (unpaired) electrons. The summed E-state index contributed by atoms with van der Waals surface area (Å²) in [5, 5.41) is 2.83. The number of hydrogen-bond acceptors (Lipinski definition) is 3. The molecule has 154 valence electrons. The Morgan fingerprint density at radius 3 is 2.45 bits per heavy atom. The Morgan fingerprint density at radius 1 is 1.14 bits per heavy atom. The Labute approximate surface area is 173 Å². The molecule has 1 aliphatic rings. The minimum Gasteiger partial charge on any atom is -0.491 e. The van der Waals surface area contributed by atoms with Crippen LogP contribution in [0.15, 0.2) is 42.5 Å². The van der Waals surface area contributed by atoms with Gasteiger partial charge in [-0.05, 0) is 56.0 Å². The van der Waals surface area contributed by atoms with Gasteiger partial charge in [-0.15, -0.1) is 0 Å². The molecule has 1 aliphatic heterocycles. The largest absolute Gasteiger partial charge is 0.491 e. The number of carbonyl (C=O) groups excluding carboxylic acids is 2. The van der Waals surface area contributed by atoms with Crippen LogP contribution in [0, 0.1) is 0 Å². The predicted molar refractivity (Wildman–Crippen MR) is 115 cm³/mol. The summed E-state index contributed by atoms with van der Waals surface area (Å²) >= 11 is 0. The summed E-state index contributed by atoms with van der Waals surface area (Å²) < 4.78 is 5.69. The Kier molecular flexibility index (Phi) is 6.57. The number of hydrogen-bond donors (Lipinski definition) is 1. The van der Waals surface area contributed by atoms with Crippen LogP contribution in [0.3, 0.4) is 0 Å². The summed E-state index contributed by atoms with van der Waals surface area (Å²) in [5.41, 5.74) is 3.97. The van der Waals surface area contributed by atoms with E-state index in [2.05, 4.69) is 24.4 Å². The van der Waals surface area contributed by atoms with E-state index in [1.807, 2.05) is 44.2 Å². The van der Waals surface area contributed by atoms with Gasteiger partial charge >= 0.3 is 0 Å². The van der Waals surface area contributed by atoms with E-state index in [1.54, 1.807) is 4.90 Å². The van der Waals surface area contributed by atoms with E-state index in [1.165, 1.54) is 12.5 Å². The second-order valence-corrected chi connectivity index (χ2v) is 7.87. The van der Waals surface area contributed by atoms with E-state index in [0.29, 0.717) is 6.54 Å². The van der Waals surface area contributed by atoms with Gasteiger partial charge < -0.3 is 15.0 Å². The molecule has 0 bridgehead atoms. The lowest BCUT2D eigenvalue weighted by Crippen LogP contribution is -2.36. The molecular formula is C24H30N2O3. The maximum atomic E-state index is 13.1. The minimum atomic E-state index is -0.618. The topological polar surface area (TPSA) is 58.6 Å². The third-order valence-corrected chi connectivity index (χ3v) is 5.01. The Hall–Kier alpha value is -2.82. The van der Waals surface area contributed by atoms with Crippen LogP contribution in [0.2, 0.25) is 0 Å². The van der Waals surface area contributed by atoms with E-state index in [-0.39, 0.29) is 17.9 Å². The van der Waals surface area contributed by atoms with Gasteiger partial charge in [0.05, 0.1) is 12.6 Å². The zero-order chi connectivity index (χ0) is 21.0. The van der Waals surface area contributed by atoms with Crippen molar-refractivity contribution < 1.29 is 14.3 Å². The number of benzene rings is 2. The van der Waals surface area contributed by atoms with Crippen LogP contribution in [0.1, 0.15) is 63.3 Å². The monoisotopic (exact) mass is 394 g/mol. The molecule has 1 N–H and O–H groups in total. The van der Waals surface area contributed by atoms with Gasteiger partial charge in [0.2, 0.25) is 5.91 Å². The van der Waals surface area contributed by atoms with Crippen LogP contribution in [0.4, 0.5) is 5.69 Å². The van der Waals surface area contributed by atoms with Gasteiger partial charge in [0.1, 0.15) is 11.8 Å². The number of anilines is 1. The average Bonchev–Trinajstić information content (AvgIpc) is 2.92. The summed E-state index contributed by atoms with van der Waals surface area (Å²) in [5.74, 6) is 0.518. The molecule has 5 nitrogen and oxygen atoms in total. The van der Waals surface area contributed by atoms with Crippen molar-refractivity contribution >= 4 is 17.5 Å². The van der Waals surface area contributed by atoms with Crippen molar-refractivity contribution in [1.29, 1.82) is 0 Å². The molecule has 0 spiro atoms. The first-order chi connectivity index (χ1) is 13.9. The molecule has 2 aromatic rings. The Balaban J connectivity index is 1.86. The quantitative estimate of drug-likeness (QED) is 0.715. The van der Waals surface area contributed by atoms with Crippen LogP contribution in [0.25, 0.3) is 0 Å². The van der Waals surface area contributed by atoms with Crippen molar-refractivity contribution in [3.63, 3.8) is 0 Å². The van der Waals surface area contributed by atoms with E-state index >= 15 is 0 Å². The molecule has 0 aliphatic carbocycles. The summed E-state index contributed by atoms with van der Waals surface area (Å²) in [6.07, 6.45) is 3.32. The fourth-order valence-electron chi connectivity index (χ4n) is 3.66. The van der Waals surface area contributed by atoms with Crippen molar-refractivity contribution in [3.05, 3.63) is 59.2 Å². The molecule has 0 fully saturated rings. The van der Waals surface area contributed by atoms with Gasteiger partial charge in [0.25, 0.3) is 5.91 Å². The lowest BCUT2D eigenvalue weighted by molar-refractivity contribution is -0.126. The van der Waals surface area contributed by atoms with Gasteiger partial charge in [-0.3, -0.25) is 9.59 Å². The van der Waals surface area contributed by atoms with Gasteiger partial charge in [-0.1, -0.05) is 37.6 Å². The number of fused-ring (bicyclic) bond motifs is 1. The summed E-state index contributed by atoms with van der Waals surface area (Å²) in [7, 11) is 0. The molecule has 5 heteroatoms. The van der Waals surface area contributed by atoms with Crippen molar-refractivity contribution in [2.45, 2.75) is 65.6 Å². The maximum Gasteiger partial charge on any atom is 0.254 e. The van der Waals surface area contributed by atoms with E-state index in [4.69, 9.17) is 4.74 Å². The number of rotatable bonds is 8. The number of aryl methyl sites for hydroxylation is 1. The molecule has 3 rings (SSSR count). The fraction of sp³-hybridized carbons (Fsp3) is 0.417. The normalized spacial score (nSPS) is 15.6. The summed E-state index contributed by atoms with van der Waals surface area (Å²) in [6, 6.07) is 13.4. The highest BCUT2D eigenvalue weighted by molar-refractivity contribution is 6.06. The zero-order valence-corrected chi connectivity index (χ0v) is 17.7. The first-order valence-corrected chi connectivity index (χ1v) is 10.4. The first kappa shape index (κ1) is 20.9. The highest BCUT2D eigenvalue weighted by Gasteiger charge is 2.37. The standard InChI is InChI=1S/C24H30N2O3/c1-5-6-7-18-10-13-22-21(14-18)23(25-17(4)27)24(28)26(22)15-19-8-11-20(12-9-19)29-16(2)3/h8-14,16,23H,5-7,15H2,1-4H3,(H,25,27). The minimum absolute atomic E-state index is 0.0923. The predicted octanol–water partition coefficient (Wildman–Crippen LogP) is 4.54. The lowest BCUT2D eigenvalue weighted by Gasteiger charge is -2.19. The van der Waals surface area contributed by atoms with Crippen LogP contribution >= 0.6 is 0 Å². The van der Waals surface area contributed by atoms with Gasteiger partial charge in [-0.2, -0.15) is 0 Å². The van der Waals surface area contributed by atoms with Crippen LogP contribution < -0.4 is 15.0 Å². The molecule has 29 heavy (non-hydrogen) atoms. The fourth-order valence-corrected chi connectivity index (χ4v) is 3.66. The second-order valence-electron chi connectivity index (χ2n) is 7.87. The summed E-state index contributed by atoms with van der Waals surface area (Å²) in [4.78, 5) is 26.6. The van der Waals surface area contributed by atoms with Crippen molar-refractivity contribution in [1.82, 2.24) is 5.32 Å². The number of carbonyl (C=O) groups is 2. The molecule has 1 heterocycles. The van der Waals surface area contributed by atoms with Crippen molar-refractivity contribution in [2.75, 3.05) is 4.90 Å². The third kappa shape index (κ3) is 4.97. The third-order valence-electron chi connectivity index (χ3n) is 5.01. The zero-order valence-electron chi connectivity index (χ0n) is 17.7. The number of ether oxygens (including phenoxy) is 1. The van der Waals surface area contributed by atoms with Crippen LogP contribution in [-0.2, 0) is 22.6 Å². The Bertz CT molecular complexity index is 874. The number of nitrogens with zero attached hydrogens (tertiary/aromatic N) is 1. The molecule has 0 saturated heterocycles. The molecule has 2 amide bonds. The van der Waals surface area contributed by atoms with E-state index < -0.39 is 6.04 Å². The molecule has 0 aromatic heterocycles. The van der Waals surface area contributed by atoms with Crippen molar-refractivity contribution in [3.8, 4) is 5.75 Å². The molecule has 1 unspecified atom stereocenters. The average molecular weight is 395 g/mol. The highest BCUT2D eigenvalue weighted by atomic mass is 16.5. The van der Waals surface area contributed by atoms with E-state index in [9.17, 15) is 9.59 Å². The molecule has 2 aromatic carbocycles. The lowest BCUT2D eigenvalue weighted by atomic mass is 10.0. The van der Waals surface area contributed by atoms with Gasteiger partial charge in [0, 0.05) is 18.2 Å². The van der Waals surface area contributed by atoms with Crippen LogP contribution in [-0.4, -0.2) is 17.9 Å². The maximum absolute atomic E-state index is 13.1. The number of unbranched alkanes of at least 4 members (excludes halogenated alkanes) is 1. The first-order valence-electron chi connectivity index (χ1n) is 10.4. The summed E-state index contributed by atoms with van der Waals surface area (Å²) in [6.45, 7) is 8.05. The van der Waals surface area contributed by atoms with Crippen molar-refractivity contribution in [2.24, 2.45) is 0 Å². The van der Waals surface area contributed by atoms with Gasteiger partial charge in [-0.25, -0.2) is 0 Å².